The van der Waals surface area contributed by atoms with E-state index in [0.29, 0.717) is 34.9 Å². The lowest BCUT2D eigenvalue weighted by Gasteiger charge is -2.24. The number of aliphatic hydroxyl groups excluding tert-OH is 1. The van der Waals surface area contributed by atoms with Gasteiger partial charge in [-0.25, -0.2) is 0 Å². The number of nitrogen functional groups attached to an aromatic ring is 1. The molecule has 10 nitrogen and oxygen atoms in total. The Kier molecular flexibility index (Phi) is 12.1. The molecule has 2 atom stereocenters. The smallest absolute Gasteiger partial charge is 0.300 e. The van der Waals surface area contributed by atoms with Gasteiger partial charge in [0.1, 0.15) is 18.5 Å². The molecular weight excluding hydrogens is 548 g/mol. The van der Waals surface area contributed by atoms with Crippen LogP contribution in [0, 0.1) is 5.41 Å². The van der Waals surface area contributed by atoms with Crippen molar-refractivity contribution in [1.29, 1.82) is 5.41 Å². The number of carboxylic acid groups (broad SMARTS) is 1. The topological polar surface area (TPSA) is 167 Å². The van der Waals surface area contributed by atoms with Crippen LogP contribution in [0.5, 0.6) is 11.5 Å². The summed E-state index contributed by atoms with van der Waals surface area (Å²) in [5, 5.41) is 31.3. The van der Waals surface area contributed by atoms with Crippen molar-refractivity contribution in [3.8, 4) is 11.5 Å². The number of methoxy groups -OCH3 is 1. The summed E-state index contributed by atoms with van der Waals surface area (Å²) in [6, 6.07) is 30.0. The highest BCUT2D eigenvalue weighted by Crippen LogP contribution is 2.33. The maximum Gasteiger partial charge on any atom is 0.300 e. The zero-order valence-electron chi connectivity index (χ0n) is 24.0. The van der Waals surface area contributed by atoms with E-state index in [0.717, 1.165) is 18.1 Å². The number of amidine groups is 1. The molecule has 0 spiro atoms. The Balaban J connectivity index is 0.00000119. The van der Waals surface area contributed by atoms with Crippen LogP contribution in [0.4, 0.5) is 5.69 Å². The van der Waals surface area contributed by atoms with E-state index in [2.05, 4.69) is 10.6 Å². The second-order valence-corrected chi connectivity index (χ2v) is 9.43. The minimum absolute atomic E-state index is 0.0414. The van der Waals surface area contributed by atoms with Crippen molar-refractivity contribution in [2.75, 3.05) is 19.0 Å². The van der Waals surface area contributed by atoms with Crippen molar-refractivity contribution >= 4 is 23.4 Å². The van der Waals surface area contributed by atoms with Crippen LogP contribution in [0.25, 0.3) is 0 Å². The maximum atomic E-state index is 13.7. The number of carbonyl (C=O) groups is 2. The molecule has 0 saturated carbocycles. The van der Waals surface area contributed by atoms with Gasteiger partial charge in [0.2, 0.25) is 5.91 Å². The zero-order chi connectivity index (χ0) is 31.2. The number of carbonyl (C=O) groups excluding carboxylic acids is 1. The van der Waals surface area contributed by atoms with Crippen LogP contribution >= 0.6 is 0 Å². The fraction of sp³-hybridized carbons (Fsp3) is 0.182. The number of aliphatic carboxylic acids is 1. The van der Waals surface area contributed by atoms with Crippen molar-refractivity contribution in [2.45, 2.75) is 25.6 Å². The number of hydrogen-bond acceptors (Lipinski definition) is 7. The van der Waals surface area contributed by atoms with E-state index >= 15 is 0 Å². The summed E-state index contributed by atoms with van der Waals surface area (Å²) < 4.78 is 11.6. The zero-order valence-corrected chi connectivity index (χ0v) is 24.0. The Hall–Kier alpha value is -5.35. The molecule has 0 fully saturated rings. The molecule has 4 rings (SSSR count). The monoisotopic (exact) mass is 584 g/mol. The van der Waals surface area contributed by atoms with E-state index in [1.54, 1.807) is 49.6 Å². The summed E-state index contributed by atoms with van der Waals surface area (Å²) in [5.41, 5.74) is 9.27. The number of anilines is 1. The number of benzene rings is 4. The van der Waals surface area contributed by atoms with E-state index in [1.807, 2.05) is 60.7 Å². The van der Waals surface area contributed by atoms with Gasteiger partial charge in [-0.05, 0) is 53.1 Å². The predicted octanol–water partition coefficient (Wildman–Crippen LogP) is 4.65. The molecule has 4 aromatic carbocycles. The van der Waals surface area contributed by atoms with Crippen LogP contribution in [-0.4, -0.2) is 41.6 Å². The third kappa shape index (κ3) is 9.91. The number of nitrogens with two attached hydrogens (primary N) is 1. The molecule has 1 amide bonds. The normalized spacial score (nSPS) is 11.6. The SMILES string of the molecule is CC(=O)O.COc1cc([C@H](Nc2ccc(C(=N)N)cc2)C(=O)N[C@@H](CO)c2ccccc2)ccc1OCc1ccccc1. The van der Waals surface area contributed by atoms with Gasteiger partial charge in [0, 0.05) is 18.2 Å². The minimum atomic E-state index is -0.833. The first-order chi connectivity index (χ1) is 20.7. The van der Waals surface area contributed by atoms with E-state index < -0.39 is 18.1 Å². The van der Waals surface area contributed by atoms with Crippen LogP contribution in [0.15, 0.2) is 103 Å². The Morgan fingerprint density at radius 2 is 1.49 bits per heavy atom. The molecular formula is C33H36N4O6. The maximum absolute atomic E-state index is 13.7. The third-order valence-electron chi connectivity index (χ3n) is 6.23. The molecule has 0 radical (unpaired) electrons. The van der Waals surface area contributed by atoms with Gasteiger partial charge < -0.3 is 36.1 Å². The van der Waals surface area contributed by atoms with Crippen molar-refractivity contribution in [2.24, 2.45) is 5.73 Å². The molecule has 0 aromatic heterocycles. The van der Waals surface area contributed by atoms with E-state index in [1.165, 1.54) is 0 Å². The summed E-state index contributed by atoms with van der Waals surface area (Å²) in [6.07, 6.45) is 0. The van der Waals surface area contributed by atoms with Gasteiger partial charge in [-0.1, -0.05) is 66.7 Å². The molecule has 224 valence electrons. The summed E-state index contributed by atoms with van der Waals surface area (Å²) in [6.45, 7) is 1.20. The lowest BCUT2D eigenvalue weighted by molar-refractivity contribution is -0.134. The second kappa shape index (κ2) is 16.2. The van der Waals surface area contributed by atoms with E-state index in [4.69, 9.17) is 30.5 Å². The molecule has 0 aliphatic rings. The van der Waals surface area contributed by atoms with Crippen LogP contribution in [-0.2, 0) is 16.2 Å². The third-order valence-corrected chi connectivity index (χ3v) is 6.23. The molecule has 4 aromatic rings. The number of carboxylic acids is 1. The number of aliphatic hydroxyl groups is 1. The minimum Gasteiger partial charge on any atom is -0.493 e. The van der Waals surface area contributed by atoms with Gasteiger partial charge in [-0.3, -0.25) is 15.0 Å². The Labute approximate surface area is 250 Å². The number of ether oxygens (including phenoxy) is 2. The first-order valence-electron chi connectivity index (χ1n) is 13.4. The molecule has 0 heterocycles. The highest BCUT2D eigenvalue weighted by Gasteiger charge is 2.25. The fourth-order valence-electron chi connectivity index (χ4n) is 4.11. The van der Waals surface area contributed by atoms with Crippen molar-refractivity contribution in [1.82, 2.24) is 5.32 Å². The Morgan fingerprint density at radius 3 is 2.05 bits per heavy atom. The molecule has 0 aliphatic heterocycles. The lowest BCUT2D eigenvalue weighted by atomic mass is 10.0. The molecule has 10 heteroatoms. The van der Waals surface area contributed by atoms with Gasteiger partial charge in [0.25, 0.3) is 5.97 Å². The first kappa shape index (κ1) is 32.2. The lowest BCUT2D eigenvalue weighted by Crippen LogP contribution is -2.37. The largest absolute Gasteiger partial charge is 0.493 e. The average molecular weight is 585 g/mol. The van der Waals surface area contributed by atoms with E-state index in [-0.39, 0.29) is 18.3 Å². The van der Waals surface area contributed by atoms with Crippen LogP contribution in [0.3, 0.4) is 0 Å². The molecule has 0 bridgehead atoms. The Morgan fingerprint density at radius 1 is 0.884 bits per heavy atom. The van der Waals surface area contributed by atoms with Gasteiger partial charge in [-0.15, -0.1) is 0 Å². The molecule has 43 heavy (non-hydrogen) atoms. The Bertz CT molecular complexity index is 1480. The number of nitrogens with one attached hydrogen (secondary N) is 3. The highest BCUT2D eigenvalue weighted by atomic mass is 16.5. The summed E-state index contributed by atoms with van der Waals surface area (Å²) in [5.74, 6) is -0.182. The van der Waals surface area contributed by atoms with Crippen LogP contribution in [0.2, 0.25) is 0 Å². The second-order valence-electron chi connectivity index (χ2n) is 9.43. The van der Waals surface area contributed by atoms with Crippen LogP contribution in [0.1, 0.15) is 41.3 Å². The quantitative estimate of drug-likeness (QED) is 0.103. The van der Waals surface area contributed by atoms with Crippen molar-refractivity contribution < 1.29 is 29.3 Å². The standard InChI is InChI=1S/C31H32N4O4.C2H4O2/c1-38-28-18-24(14-17-27(28)39-20-21-8-4-2-5-9-21)29(34-25-15-12-23(13-16-25)30(32)33)31(37)35-26(19-36)22-10-6-3-7-11-22;1-2(3)4/h2-18,26,29,34,36H,19-20H2,1H3,(H3,32,33)(H,35,37);1H3,(H,3,4)/t26-,29-;/m0./s1. The summed E-state index contributed by atoms with van der Waals surface area (Å²) in [7, 11) is 1.55. The van der Waals surface area contributed by atoms with Gasteiger partial charge in [0.05, 0.1) is 19.8 Å². The fourth-order valence-corrected chi connectivity index (χ4v) is 4.11. The van der Waals surface area contributed by atoms with Crippen molar-refractivity contribution in [3.05, 3.63) is 125 Å². The summed E-state index contributed by atoms with van der Waals surface area (Å²) in [4.78, 5) is 22.7. The molecule has 0 unspecified atom stereocenters. The summed E-state index contributed by atoms with van der Waals surface area (Å²) >= 11 is 0. The number of hydrogen-bond donors (Lipinski definition) is 6. The molecule has 0 saturated heterocycles. The molecule has 7 N–H and O–H groups in total. The van der Waals surface area contributed by atoms with Gasteiger partial charge in [0.15, 0.2) is 11.5 Å². The van der Waals surface area contributed by atoms with Gasteiger partial charge >= 0.3 is 0 Å². The van der Waals surface area contributed by atoms with Crippen LogP contribution < -0.4 is 25.8 Å². The number of amides is 1. The molecule has 0 aliphatic carbocycles. The van der Waals surface area contributed by atoms with E-state index in [9.17, 15) is 9.90 Å². The average Bonchev–Trinajstić information content (AvgIpc) is 3.02. The predicted molar refractivity (Wildman–Crippen MR) is 165 cm³/mol. The first-order valence-corrected chi connectivity index (χ1v) is 13.4. The van der Waals surface area contributed by atoms with Gasteiger partial charge in [-0.2, -0.15) is 0 Å². The van der Waals surface area contributed by atoms with Crippen molar-refractivity contribution in [3.63, 3.8) is 0 Å². The highest BCUT2D eigenvalue weighted by molar-refractivity contribution is 5.95. The number of rotatable bonds is 12.